The molecular weight excluding hydrogens is 240 g/mol. The van der Waals surface area contributed by atoms with Gasteiger partial charge < -0.3 is 14.2 Å². The van der Waals surface area contributed by atoms with E-state index in [9.17, 15) is 0 Å². The van der Waals surface area contributed by atoms with Crippen LogP contribution in [0.3, 0.4) is 0 Å². The van der Waals surface area contributed by atoms with E-state index in [4.69, 9.17) is 9.26 Å². The van der Waals surface area contributed by atoms with Crippen molar-refractivity contribution in [3.8, 4) is 0 Å². The minimum absolute atomic E-state index is 0.0345. The number of nitrogens with zero attached hydrogens (tertiary/aromatic N) is 2. The smallest absolute Gasteiger partial charge is 0.138 e. The number of hydrogen-bond acceptors (Lipinski definition) is 4. The van der Waals surface area contributed by atoms with Gasteiger partial charge in [0.1, 0.15) is 5.76 Å². The van der Waals surface area contributed by atoms with Gasteiger partial charge in [0.05, 0.1) is 11.3 Å². The van der Waals surface area contributed by atoms with Crippen molar-refractivity contribution in [3.63, 3.8) is 0 Å². The standard InChI is InChI=1S/C15H26N2O2/c1-11-14(12(2)19-16-11)10-17(5)9-13-6-7-18-15(3,4)8-13/h13H,6-10H2,1-5H3/t13-/m1/s1. The van der Waals surface area contributed by atoms with Crippen molar-refractivity contribution in [2.75, 3.05) is 20.2 Å². The van der Waals surface area contributed by atoms with E-state index in [0.29, 0.717) is 5.92 Å². The van der Waals surface area contributed by atoms with E-state index < -0.39 is 0 Å². The Morgan fingerprint density at radius 3 is 2.68 bits per heavy atom. The van der Waals surface area contributed by atoms with E-state index >= 15 is 0 Å². The summed E-state index contributed by atoms with van der Waals surface area (Å²) in [4.78, 5) is 2.37. The second-order valence-electron chi connectivity index (χ2n) is 6.47. The zero-order valence-electron chi connectivity index (χ0n) is 12.8. The molecule has 1 saturated heterocycles. The fourth-order valence-electron chi connectivity index (χ4n) is 3.02. The molecule has 1 aliphatic heterocycles. The van der Waals surface area contributed by atoms with Crippen LogP contribution in [0, 0.1) is 19.8 Å². The normalized spacial score (nSPS) is 22.9. The van der Waals surface area contributed by atoms with Crippen LogP contribution in [-0.4, -0.2) is 35.9 Å². The minimum Gasteiger partial charge on any atom is -0.376 e. The zero-order chi connectivity index (χ0) is 14.0. The van der Waals surface area contributed by atoms with E-state index in [1.807, 2.05) is 13.8 Å². The molecular formula is C15H26N2O2. The van der Waals surface area contributed by atoms with Gasteiger partial charge in [0.2, 0.25) is 0 Å². The molecule has 0 unspecified atom stereocenters. The summed E-state index contributed by atoms with van der Waals surface area (Å²) in [5, 5.41) is 4.02. The predicted molar refractivity (Wildman–Crippen MR) is 75.1 cm³/mol. The Morgan fingerprint density at radius 2 is 2.11 bits per heavy atom. The Morgan fingerprint density at radius 1 is 1.37 bits per heavy atom. The van der Waals surface area contributed by atoms with Crippen LogP contribution >= 0.6 is 0 Å². The van der Waals surface area contributed by atoms with Crippen molar-refractivity contribution in [2.24, 2.45) is 5.92 Å². The molecule has 1 aliphatic rings. The monoisotopic (exact) mass is 266 g/mol. The van der Waals surface area contributed by atoms with E-state index in [1.54, 1.807) is 0 Å². The summed E-state index contributed by atoms with van der Waals surface area (Å²) < 4.78 is 11.0. The molecule has 0 spiro atoms. The molecule has 0 amide bonds. The van der Waals surface area contributed by atoms with Crippen LogP contribution in [0.15, 0.2) is 4.52 Å². The highest BCUT2D eigenvalue weighted by Gasteiger charge is 2.29. The summed E-state index contributed by atoms with van der Waals surface area (Å²) in [5.74, 6) is 1.66. The van der Waals surface area contributed by atoms with Crippen molar-refractivity contribution in [1.82, 2.24) is 10.1 Å². The third kappa shape index (κ3) is 3.80. The van der Waals surface area contributed by atoms with Crippen molar-refractivity contribution in [2.45, 2.75) is 52.7 Å². The first kappa shape index (κ1) is 14.5. The third-order valence-electron chi connectivity index (χ3n) is 3.98. The van der Waals surface area contributed by atoms with Gasteiger partial charge in [-0.3, -0.25) is 0 Å². The summed E-state index contributed by atoms with van der Waals surface area (Å²) in [6.45, 7) is 11.3. The number of ether oxygens (including phenoxy) is 1. The molecule has 2 rings (SSSR count). The molecule has 0 bridgehead atoms. The lowest BCUT2D eigenvalue weighted by molar-refractivity contribution is -0.0762. The van der Waals surface area contributed by atoms with Crippen LogP contribution in [0.25, 0.3) is 0 Å². The van der Waals surface area contributed by atoms with E-state index in [1.165, 1.54) is 5.56 Å². The molecule has 19 heavy (non-hydrogen) atoms. The van der Waals surface area contributed by atoms with Crippen LogP contribution in [0.1, 0.15) is 43.7 Å². The van der Waals surface area contributed by atoms with Gasteiger partial charge in [-0.2, -0.15) is 0 Å². The Hall–Kier alpha value is -0.870. The number of rotatable bonds is 4. The average molecular weight is 266 g/mol. The van der Waals surface area contributed by atoms with Crippen molar-refractivity contribution in [1.29, 1.82) is 0 Å². The zero-order valence-corrected chi connectivity index (χ0v) is 12.8. The highest BCUT2D eigenvalue weighted by atomic mass is 16.5. The Bertz CT molecular complexity index is 406. The summed E-state index contributed by atoms with van der Waals surface area (Å²) in [5.41, 5.74) is 2.28. The highest BCUT2D eigenvalue weighted by molar-refractivity contribution is 5.20. The maximum absolute atomic E-state index is 5.78. The van der Waals surface area contributed by atoms with Crippen LogP contribution < -0.4 is 0 Å². The molecule has 1 atom stereocenters. The fourth-order valence-corrected chi connectivity index (χ4v) is 3.02. The molecule has 0 saturated carbocycles. The minimum atomic E-state index is 0.0345. The molecule has 0 aromatic carbocycles. The van der Waals surface area contributed by atoms with Gasteiger partial charge in [0.15, 0.2) is 0 Å². The fraction of sp³-hybridized carbons (Fsp3) is 0.800. The first-order valence-electron chi connectivity index (χ1n) is 7.11. The molecule has 1 aromatic rings. The van der Waals surface area contributed by atoms with Crippen molar-refractivity contribution >= 4 is 0 Å². The van der Waals surface area contributed by atoms with Crippen LogP contribution in [0.4, 0.5) is 0 Å². The highest BCUT2D eigenvalue weighted by Crippen LogP contribution is 2.29. The quantitative estimate of drug-likeness (QED) is 0.840. The molecule has 108 valence electrons. The van der Waals surface area contributed by atoms with Gasteiger partial charge in [0, 0.05) is 25.3 Å². The molecule has 0 radical (unpaired) electrons. The van der Waals surface area contributed by atoms with E-state index in [2.05, 4.69) is 31.0 Å². The average Bonchev–Trinajstić information content (AvgIpc) is 2.59. The third-order valence-corrected chi connectivity index (χ3v) is 3.98. The van der Waals surface area contributed by atoms with Crippen LogP contribution in [0.5, 0.6) is 0 Å². The topological polar surface area (TPSA) is 38.5 Å². The molecule has 0 aliphatic carbocycles. The first-order chi connectivity index (χ1) is 8.87. The first-order valence-corrected chi connectivity index (χ1v) is 7.11. The summed E-state index contributed by atoms with van der Waals surface area (Å²) >= 11 is 0. The number of aryl methyl sites for hydroxylation is 2. The van der Waals surface area contributed by atoms with E-state index in [-0.39, 0.29) is 5.60 Å². The van der Waals surface area contributed by atoms with E-state index in [0.717, 1.165) is 44.0 Å². The Balaban J connectivity index is 1.89. The maximum Gasteiger partial charge on any atom is 0.138 e. The molecule has 4 heteroatoms. The number of aromatic nitrogens is 1. The SMILES string of the molecule is Cc1noc(C)c1CN(C)C[C@@H]1CCOC(C)(C)C1. The van der Waals surface area contributed by atoms with Crippen LogP contribution in [0.2, 0.25) is 0 Å². The van der Waals surface area contributed by atoms with Gasteiger partial charge in [-0.05, 0) is 53.5 Å². The molecule has 1 aromatic heterocycles. The molecule has 4 nitrogen and oxygen atoms in total. The van der Waals surface area contributed by atoms with Crippen molar-refractivity contribution < 1.29 is 9.26 Å². The van der Waals surface area contributed by atoms with Gasteiger partial charge >= 0.3 is 0 Å². The second-order valence-corrected chi connectivity index (χ2v) is 6.47. The lowest BCUT2D eigenvalue weighted by Crippen LogP contribution is -2.38. The number of hydrogen-bond donors (Lipinski definition) is 0. The molecule has 2 heterocycles. The van der Waals surface area contributed by atoms with Gasteiger partial charge in [0.25, 0.3) is 0 Å². The summed E-state index contributed by atoms with van der Waals surface area (Å²) in [6.07, 6.45) is 2.30. The maximum atomic E-state index is 5.78. The van der Waals surface area contributed by atoms with Gasteiger partial charge in [-0.15, -0.1) is 0 Å². The van der Waals surface area contributed by atoms with Gasteiger partial charge in [-0.1, -0.05) is 5.16 Å². The van der Waals surface area contributed by atoms with Crippen LogP contribution in [-0.2, 0) is 11.3 Å². The lowest BCUT2D eigenvalue weighted by Gasteiger charge is -2.37. The molecule has 1 fully saturated rings. The summed E-state index contributed by atoms with van der Waals surface area (Å²) in [6, 6.07) is 0. The van der Waals surface area contributed by atoms with Crippen molar-refractivity contribution in [3.05, 3.63) is 17.0 Å². The van der Waals surface area contributed by atoms with Gasteiger partial charge in [-0.25, -0.2) is 0 Å². The second kappa shape index (κ2) is 5.63. The molecule has 0 N–H and O–H groups in total. The predicted octanol–water partition coefficient (Wildman–Crippen LogP) is 2.93. The lowest BCUT2D eigenvalue weighted by atomic mass is 9.88. The Kier molecular flexibility index (Phi) is 4.31. The Labute approximate surface area is 116 Å². The largest absolute Gasteiger partial charge is 0.376 e. The summed E-state index contributed by atoms with van der Waals surface area (Å²) in [7, 11) is 2.17.